The van der Waals surface area contributed by atoms with E-state index in [0.29, 0.717) is 24.2 Å². The van der Waals surface area contributed by atoms with Crippen LogP contribution >= 0.6 is 0 Å². The number of benzene rings is 1. The lowest BCUT2D eigenvalue weighted by atomic mass is 9.83. The molecule has 0 aliphatic heterocycles. The second-order valence-electron chi connectivity index (χ2n) is 6.47. The Morgan fingerprint density at radius 1 is 1.04 bits per heavy atom. The summed E-state index contributed by atoms with van der Waals surface area (Å²) in [5.41, 5.74) is 1.51. The molecule has 0 aromatic heterocycles. The van der Waals surface area contributed by atoms with Crippen molar-refractivity contribution in [3.8, 4) is 12.1 Å². The molecule has 0 saturated carbocycles. The first kappa shape index (κ1) is 19.0. The third-order valence-corrected chi connectivity index (χ3v) is 4.65. The molecular formula is C22H26N2O. The Morgan fingerprint density at radius 2 is 1.80 bits per heavy atom. The Labute approximate surface area is 151 Å². The Balaban J connectivity index is 2.08. The maximum Gasteiger partial charge on any atom is 0.116 e. The van der Waals surface area contributed by atoms with E-state index in [1.54, 1.807) is 6.08 Å². The van der Waals surface area contributed by atoms with Crippen molar-refractivity contribution in [1.29, 1.82) is 10.5 Å². The van der Waals surface area contributed by atoms with E-state index in [1.807, 2.05) is 36.4 Å². The molecule has 0 fully saturated rings. The third-order valence-electron chi connectivity index (χ3n) is 4.65. The highest BCUT2D eigenvalue weighted by molar-refractivity contribution is 5.48. The molecule has 0 spiro atoms. The van der Waals surface area contributed by atoms with Crippen LogP contribution in [0.2, 0.25) is 0 Å². The Hall–Kier alpha value is -2.36. The second kappa shape index (κ2) is 9.82. The third kappa shape index (κ3) is 5.05. The van der Waals surface area contributed by atoms with Crippen LogP contribution in [-0.2, 0) is 10.3 Å². The van der Waals surface area contributed by atoms with Crippen molar-refractivity contribution in [2.24, 2.45) is 0 Å². The van der Waals surface area contributed by atoms with Gasteiger partial charge in [0.15, 0.2) is 0 Å². The van der Waals surface area contributed by atoms with Crippen LogP contribution in [-0.4, -0.2) is 6.61 Å². The molecule has 0 amide bonds. The van der Waals surface area contributed by atoms with E-state index in [4.69, 9.17) is 10.00 Å². The molecule has 1 aromatic rings. The van der Waals surface area contributed by atoms with Crippen LogP contribution in [0, 0.1) is 22.7 Å². The zero-order chi connectivity index (χ0) is 18.0. The normalized spacial score (nSPS) is 19.1. The van der Waals surface area contributed by atoms with Gasteiger partial charge in [-0.1, -0.05) is 63.3 Å². The number of unbranched alkanes of at least 4 members (excludes halogenated alkanes) is 5. The van der Waals surface area contributed by atoms with E-state index >= 15 is 0 Å². The van der Waals surface area contributed by atoms with Gasteiger partial charge in [-0.15, -0.1) is 0 Å². The first-order valence-corrected chi connectivity index (χ1v) is 9.19. The highest BCUT2D eigenvalue weighted by Gasteiger charge is 2.33. The molecule has 0 radical (unpaired) electrons. The molecular weight excluding hydrogens is 308 g/mol. The fourth-order valence-electron chi connectivity index (χ4n) is 3.18. The van der Waals surface area contributed by atoms with E-state index in [-0.39, 0.29) is 0 Å². The van der Waals surface area contributed by atoms with E-state index in [2.05, 4.69) is 19.1 Å². The minimum Gasteiger partial charge on any atom is -0.366 e. The number of ether oxygens (including phenoxy) is 1. The van der Waals surface area contributed by atoms with E-state index in [9.17, 15) is 5.26 Å². The fourth-order valence-corrected chi connectivity index (χ4v) is 3.18. The number of nitriles is 2. The lowest BCUT2D eigenvalue weighted by Gasteiger charge is -2.33. The molecule has 1 atom stereocenters. The van der Waals surface area contributed by atoms with Gasteiger partial charge in [0.2, 0.25) is 0 Å². The quantitative estimate of drug-likeness (QED) is 0.557. The van der Waals surface area contributed by atoms with Crippen molar-refractivity contribution in [3.63, 3.8) is 0 Å². The molecule has 1 aliphatic carbocycles. The molecule has 0 N–H and O–H groups in total. The molecule has 0 unspecified atom stereocenters. The van der Waals surface area contributed by atoms with Crippen LogP contribution in [0.5, 0.6) is 0 Å². The van der Waals surface area contributed by atoms with Crippen molar-refractivity contribution >= 4 is 0 Å². The highest BCUT2D eigenvalue weighted by atomic mass is 16.5. The second-order valence-corrected chi connectivity index (χ2v) is 6.47. The number of hydrogen-bond donors (Lipinski definition) is 0. The average molecular weight is 334 g/mol. The van der Waals surface area contributed by atoms with Gasteiger partial charge in [-0.2, -0.15) is 10.5 Å². The molecule has 1 aliphatic rings. The summed E-state index contributed by atoms with van der Waals surface area (Å²) >= 11 is 0. The monoisotopic (exact) mass is 334 g/mol. The SMILES string of the molecule is CCCCCCCCO[C@]1(c2ccccc2C#N)C=CC(C#N)=CC1. The summed E-state index contributed by atoms with van der Waals surface area (Å²) in [6.45, 7) is 2.88. The van der Waals surface area contributed by atoms with Gasteiger partial charge in [-0.25, -0.2) is 0 Å². The van der Waals surface area contributed by atoms with Gasteiger partial charge in [0.05, 0.1) is 17.7 Å². The van der Waals surface area contributed by atoms with Crippen molar-refractivity contribution in [3.05, 3.63) is 59.2 Å². The van der Waals surface area contributed by atoms with Crippen LogP contribution in [0.4, 0.5) is 0 Å². The highest BCUT2D eigenvalue weighted by Crippen LogP contribution is 2.37. The molecule has 0 heterocycles. The average Bonchev–Trinajstić information content (AvgIpc) is 2.67. The van der Waals surface area contributed by atoms with Crippen LogP contribution < -0.4 is 0 Å². The molecule has 3 heteroatoms. The summed E-state index contributed by atoms with van der Waals surface area (Å²) in [6.07, 6.45) is 13.5. The lowest BCUT2D eigenvalue weighted by Crippen LogP contribution is -2.30. The molecule has 25 heavy (non-hydrogen) atoms. The summed E-state index contributed by atoms with van der Waals surface area (Å²) in [5, 5.41) is 18.5. The standard InChI is InChI=1S/C22H26N2O/c1-2-3-4-5-6-9-16-25-22(14-12-19(17-23)13-15-22)21-11-8-7-10-20(21)18-24/h7-8,10-14H,2-6,9,15-16H2,1H3/t22-/m1/s1. The number of rotatable bonds is 9. The van der Waals surface area contributed by atoms with Crippen molar-refractivity contribution in [1.82, 2.24) is 0 Å². The predicted octanol–water partition coefficient (Wildman–Crippen LogP) is 5.54. The fraction of sp³-hybridized carbons (Fsp3) is 0.455. The van der Waals surface area contributed by atoms with Crippen LogP contribution in [0.3, 0.4) is 0 Å². The number of allylic oxidation sites excluding steroid dienone is 2. The molecule has 0 bridgehead atoms. The van der Waals surface area contributed by atoms with Crippen molar-refractivity contribution in [2.45, 2.75) is 57.5 Å². The van der Waals surface area contributed by atoms with Crippen LogP contribution in [0.25, 0.3) is 0 Å². The van der Waals surface area contributed by atoms with Crippen LogP contribution in [0.15, 0.2) is 48.1 Å². The zero-order valence-electron chi connectivity index (χ0n) is 15.0. The van der Waals surface area contributed by atoms with Crippen molar-refractivity contribution in [2.75, 3.05) is 6.61 Å². The Bertz CT molecular complexity index is 705. The summed E-state index contributed by atoms with van der Waals surface area (Å²) in [6, 6.07) is 12.0. The van der Waals surface area contributed by atoms with Gasteiger partial charge >= 0.3 is 0 Å². The van der Waals surface area contributed by atoms with Gasteiger partial charge in [0, 0.05) is 24.2 Å². The first-order valence-electron chi connectivity index (χ1n) is 9.19. The van der Waals surface area contributed by atoms with Gasteiger partial charge in [0.25, 0.3) is 0 Å². The van der Waals surface area contributed by atoms with Gasteiger partial charge < -0.3 is 4.74 Å². The summed E-state index contributed by atoms with van der Waals surface area (Å²) in [4.78, 5) is 0. The minimum absolute atomic E-state index is 0.584. The number of nitrogens with zero attached hydrogens (tertiary/aromatic N) is 2. The lowest BCUT2D eigenvalue weighted by molar-refractivity contribution is -0.0135. The molecule has 0 saturated heterocycles. The molecule has 2 rings (SSSR count). The molecule has 130 valence electrons. The van der Waals surface area contributed by atoms with Gasteiger partial charge in [-0.3, -0.25) is 0 Å². The van der Waals surface area contributed by atoms with E-state index in [1.165, 1.54) is 32.1 Å². The minimum atomic E-state index is -0.643. The van der Waals surface area contributed by atoms with Crippen LogP contribution in [0.1, 0.15) is 63.0 Å². The zero-order valence-corrected chi connectivity index (χ0v) is 15.0. The molecule has 3 nitrogen and oxygen atoms in total. The first-order chi connectivity index (χ1) is 12.3. The number of hydrogen-bond acceptors (Lipinski definition) is 3. The largest absolute Gasteiger partial charge is 0.366 e. The summed E-state index contributed by atoms with van der Waals surface area (Å²) < 4.78 is 6.31. The van der Waals surface area contributed by atoms with Gasteiger partial charge in [-0.05, 0) is 24.6 Å². The van der Waals surface area contributed by atoms with Gasteiger partial charge in [0.1, 0.15) is 5.60 Å². The van der Waals surface area contributed by atoms with E-state index in [0.717, 1.165) is 12.0 Å². The molecule has 1 aromatic carbocycles. The topological polar surface area (TPSA) is 56.8 Å². The summed E-state index contributed by atoms with van der Waals surface area (Å²) in [7, 11) is 0. The smallest absolute Gasteiger partial charge is 0.116 e. The predicted molar refractivity (Wildman–Crippen MR) is 99.6 cm³/mol. The Morgan fingerprint density at radius 3 is 2.48 bits per heavy atom. The maximum atomic E-state index is 9.46. The Kier molecular flexibility index (Phi) is 7.45. The summed E-state index contributed by atoms with van der Waals surface area (Å²) in [5.74, 6) is 0. The van der Waals surface area contributed by atoms with E-state index < -0.39 is 5.60 Å². The maximum absolute atomic E-state index is 9.46. The van der Waals surface area contributed by atoms with Crippen molar-refractivity contribution < 1.29 is 4.74 Å².